The molecule has 0 atom stereocenters. The van der Waals surface area contributed by atoms with Crippen LogP contribution in [0, 0.1) is 11.6 Å². The van der Waals surface area contributed by atoms with Crippen LogP contribution in [0.2, 0.25) is 0 Å². The van der Waals surface area contributed by atoms with Crippen molar-refractivity contribution in [3.63, 3.8) is 0 Å². The van der Waals surface area contributed by atoms with Crippen molar-refractivity contribution in [2.45, 2.75) is 19.8 Å². The molecule has 1 nitrogen and oxygen atoms in total. The fourth-order valence-electron chi connectivity index (χ4n) is 1.28. The van der Waals surface area contributed by atoms with Crippen molar-refractivity contribution >= 4 is 17.5 Å². The van der Waals surface area contributed by atoms with Gasteiger partial charge in [0.05, 0.1) is 5.75 Å². The Bertz CT molecular complexity index is 366. The maximum atomic E-state index is 13.2. The number of carbonyl (C=O) groups is 1. The van der Waals surface area contributed by atoms with E-state index in [1.165, 1.54) is 23.9 Å². The molecule has 0 saturated carbocycles. The lowest BCUT2D eigenvalue weighted by atomic mass is 10.1. The van der Waals surface area contributed by atoms with Crippen LogP contribution in [0.3, 0.4) is 0 Å². The van der Waals surface area contributed by atoms with Crippen LogP contribution < -0.4 is 0 Å². The van der Waals surface area contributed by atoms with Gasteiger partial charge in [-0.2, -0.15) is 11.8 Å². The minimum Gasteiger partial charge on any atom is -0.298 e. The first-order valence-electron chi connectivity index (χ1n) is 5.17. The SMILES string of the molecule is CCCSCC(=O)Cc1cccc(F)c1F. The van der Waals surface area contributed by atoms with E-state index in [4.69, 9.17) is 0 Å². The predicted octanol–water partition coefficient (Wildman–Crippen LogP) is 3.22. The predicted molar refractivity (Wildman–Crippen MR) is 62.7 cm³/mol. The molecule has 0 unspecified atom stereocenters. The Labute approximate surface area is 98.2 Å². The molecule has 1 aromatic rings. The van der Waals surface area contributed by atoms with Gasteiger partial charge in [0.15, 0.2) is 11.6 Å². The Kier molecular flexibility index (Phi) is 5.46. The van der Waals surface area contributed by atoms with Crippen LogP contribution in [-0.4, -0.2) is 17.3 Å². The lowest BCUT2D eigenvalue weighted by Gasteiger charge is -2.03. The molecule has 1 rings (SSSR count). The summed E-state index contributed by atoms with van der Waals surface area (Å²) in [6.45, 7) is 2.03. The molecule has 0 heterocycles. The quantitative estimate of drug-likeness (QED) is 0.715. The highest BCUT2D eigenvalue weighted by Crippen LogP contribution is 2.13. The van der Waals surface area contributed by atoms with Gasteiger partial charge in [0.2, 0.25) is 0 Å². The van der Waals surface area contributed by atoms with Crippen LogP contribution in [0.4, 0.5) is 8.78 Å². The topological polar surface area (TPSA) is 17.1 Å². The van der Waals surface area contributed by atoms with Gasteiger partial charge < -0.3 is 0 Å². The van der Waals surface area contributed by atoms with Gasteiger partial charge in [-0.25, -0.2) is 8.78 Å². The molecule has 0 N–H and O–H groups in total. The van der Waals surface area contributed by atoms with Crippen LogP contribution in [0.25, 0.3) is 0 Å². The van der Waals surface area contributed by atoms with E-state index in [1.807, 2.05) is 6.92 Å². The standard InChI is InChI=1S/C12H14F2OS/c1-2-6-16-8-10(15)7-9-4-3-5-11(13)12(9)14/h3-5H,2,6-8H2,1H3. The summed E-state index contributed by atoms with van der Waals surface area (Å²) in [4.78, 5) is 11.4. The molecule has 16 heavy (non-hydrogen) atoms. The fourth-order valence-corrected chi connectivity index (χ4v) is 2.04. The van der Waals surface area contributed by atoms with Gasteiger partial charge in [-0.1, -0.05) is 19.1 Å². The zero-order valence-electron chi connectivity index (χ0n) is 9.13. The van der Waals surface area contributed by atoms with Gasteiger partial charge in [0, 0.05) is 6.42 Å². The molecule has 0 amide bonds. The number of halogens is 2. The first-order valence-corrected chi connectivity index (χ1v) is 6.33. The van der Waals surface area contributed by atoms with E-state index >= 15 is 0 Å². The minimum atomic E-state index is -0.906. The monoisotopic (exact) mass is 244 g/mol. The maximum Gasteiger partial charge on any atom is 0.162 e. The molecule has 0 aliphatic heterocycles. The van der Waals surface area contributed by atoms with Crippen LogP contribution in [-0.2, 0) is 11.2 Å². The Morgan fingerprint density at radius 2 is 2.12 bits per heavy atom. The van der Waals surface area contributed by atoms with E-state index in [2.05, 4.69) is 0 Å². The average molecular weight is 244 g/mol. The molecule has 0 saturated heterocycles. The third-order valence-electron chi connectivity index (χ3n) is 2.03. The fraction of sp³-hybridized carbons (Fsp3) is 0.417. The second-order valence-electron chi connectivity index (χ2n) is 3.48. The summed E-state index contributed by atoms with van der Waals surface area (Å²) >= 11 is 1.52. The number of Topliss-reactive ketones (excluding diaryl/α,β-unsaturated/α-hetero) is 1. The number of benzene rings is 1. The van der Waals surface area contributed by atoms with Crippen molar-refractivity contribution in [2.75, 3.05) is 11.5 Å². The Balaban J connectivity index is 2.53. The zero-order valence-corrected chi connectivity index (χ0v) is 9.95. The lowest BCUT2D eigenvalue weighted by Crippen LogP contribution is -2.08. The van der Waals surface area contributed by atoms with E-state index in [1.54, 1.807) is 0 Å². The van der Waals surface area contributed by atoms with Crippen LogP contribution in [0.1, 0.15) is 18.9 Å². The number of hydrogen-bond acceptors (Lipinski definition) is 2. The van der Waals surface area contributed by atoms with Gasteiger partial charge in [0.25, 0.3) is 0 Å². The molecule has 0 radical (unpaired) electrons. The third kappa shape index (κ3) is 3.93. The second-order valence-corrected chi connectivity index (χ2v) is 4.59. The summed E-state index contributed by atoms with van der Waals surface area (Å²) in [5, 5.41) is 0. The summed E-state index contributed by atoms with van der Waals surface area (Å²) in [5.41, 5.74) is 0.141. The largest absolute Gasteiger partial charge is 0.298 e. The Morgan fingerprint density at radius 3 is 2.81 bits per heavy atom. The smallest absolute Gasteiger partial charge is 0.162 e. The number of thioether (sulfide) groups is 1. The molecule has 1 aromatic carbocycles. The van der Waals surface area contributed by atoms with Crippen LogP contribution in [0.15, 0.2) is 18.2 Å². The molecule has 0 aromatic heterocycles. The Morgan fingerprint density at radius 1 is 1.38 bits per heavy atom. The third-order valence-corrected chi connectivity index (χ3v) is 3.25. The van der Waals surface area contributed by atoms with Crippen molar-refractivity contribution in [2.24, 2.45) is 0 Å². The van der Waals surface area contributed by atoms with Gasteiger partial charge in [0.1, 0.15) is 5.78 Å². The first-order chi connectivity index (χ1) is 7.65. The lowest BCUT2D eigenvalue weighted by molar-refractivity contribution is -0.116. The number of ketones is 1. The van der Waals surface area contributed by atoms with Gasteiger partial charge >= 0.3 is 0 Å². The zero-order chi connectivity index (χ0) is 12.0. The molecule has 0 aliphatic carbocycles. The molecular weight excluding hydrogens is 230 g/mol. The van der Waals surface area contributed by atoms with Crippen molar-refractivity contribution in [3.8, 4) is 0 Å². The van der Waals surface area contributed by atoms with Gasteiger partial charge in [-0.3, -0.25) is 4.79 Å². The van der Waals surface area contributed by atoms with Gasteiger partial charge in [-0.05, 0) is 23.8 Å². The molecule has 4 heteroatoms. The van der Waals surface area contributed by atoms with Crippen molar-refractivity contribution in [1.29, 1.82) is 0 Å². The van der Waals surface area contributed by atoms with Crippen molar-refractivity contribution in [3.05, 3.63) is 35.4 Å². The van der Waals surface area contributed by atoms with Gasteiger partial charge in [-0.15, -0.1) is 0 Å². The summed E-state index contributed by atoms with van der Waals surface area (Å²) < 4.78 is 26.1. The van der Waals surface area contributed by atoms with E-state index in [0.29, 0.717) is 5.75 Å². The number of hydrogen-bond donors (Lipinski definition) is 0. The molecular formula is C12H14F2OS. The molecule has 0 aliphatic rings. The minimum absolute atomic E-state index is 0.0275. The molecule has 0 spiro atoms. The molecule has 0 fully saturated rings. The number of rotatable bonds is 6. The highest BCUT2D eigenvalue weighted by atomic mass is 32.2. The highest BCUT2D eigenvalue weighted by Gasteiger charge is 2.11. The summed E-state index contributed by atoms with van der Waals surface area (Å²) in [6.07, 6.45) is 0.979. The highest BCUT2D eigenvalue weighted by molar-refractivity contribution is 7.99. The number of carbonyl (C=O) groups excluding carboxylic acids is 1. The van der Waals surface area contributed by atoms with E-state index in [9.17, 15) is 13.6 Å². The van der Waals surface area contributed by atoms with Crippen molar-refractivity contribution < 1.29 is 13.6 Å². The summed E-state index contributed by atoms with van der Waals surface area (Å²) in [7, 11) is 0. The second kappa shape index (κ2) is 6.63. The average Bonchev–Trinajstić information content (AvgIpc) is 2.25. The summed E-state index contributed by atoms with van der Waals surface area (Å²) in [6, 6.07) is 3.91. The van der Waals surface area contributed by atoms with E-state index < -0.39 is 11.6 Å². The molecule has 0 bridgehead atoms. The maximum absolute atomic E-state index is 13.2. The van der Waals surface area contributed by atoms with E-state index in [-0.39, 0.29) is 17.8 Å². The van der Waals surface area contributed by atoms with Crippen molar-refractivity contribution in [1.82, 2.24) is 0 Å². The summed E-state index contributed by atoms with van der Waals surface area (Å²) in [5.74, 6) is -0.591. The van der Waals surface area contributed by atoms with Crippen LogP contribution >= 0.6 is 11.8 Å². The normalized spacial score (nSPS) is 10.4. The molecule has 88 valence electrons. The van der Waals surface area contributed by atoms with E-state index in [0.717, 1.165) is 18.2 Å². The first kappa shape index (κ1) is 13.2. The Hall–Kier alpha value is -0.900. The van der Waals surface area contributed by atoms with Crippen LogP contribution in [0.5, 0.6) is 0 Å².